The fourth-order valence-corrected chi connectivity index (χ4v) is 4.61. The maximum absolute atomic E-state index is 4.41. The number of piperidine rings is 1. The third-order valence-electron chi connectivity index (χ3n) is 5.73. The highest BCUT2D eigenvalue weighted by Crippen LogP contribution is 2.35. The predicted octanol–water partition coefficient (Wildman–Crippen LogP) is 3.42. The van der Waals surface area contributed by atoms with E-state index < -0.39 is 0 Å². The summed E-state index contributed by atoms with van der Waals surface area (Å²) in [6, 6.07) is 9.17. The van der Waals surface area contributed by atoms with Crippen molar-refractivity contribution in [1.82, 2.24) is 24.6 Å². The van der Waals surface area contributed by atoms with E-state index >= 15 is 0 Å². The summed E-state index contributed by atoms with van der Waals surface area (Å²) in [5.41, 5.74) is 3.99. The lowest BCUT2D eigenvalue weighted by molar-refractivity contribution is 0.0926. The van der Waals surface area contributed by atoms with Gasteiger partial charge in [0.15, 0.2) is 0 Å². The Labute approximate surface area is 155 Å². The molecule has 4 rings (SSSR count). The lowest BCUT2D eigenvalue weighted by Gasteiger charge is -2.40. The summed E-state index contributed by atoms with van der Waals surface area (Å²) in [4.78, 5) is 8.38. The number of benzene rings is 1. The van der Waals surface area contributed by atoms with Gasteiger partial charge in [-0.2, -0.15) is 5.10 Å². The highest BCUT2D eigenvalue weighted by molar-refractivity contribution is 5.82. The number of H-pyrrole nitrogens is 1. The first-order valence-corrected chi connectivity index (χ1v) is 9.54. The summed E-state index contributed by atoms with van der Waals surface area (Å²) >= 11 is 0. The molecule has 1 aromatic carbocycles. The van der Waals surface area contributed by atoms with Gasteiger partial charge in [0, 0.05) is 49.7 Å². The second-order valence-corrected chi connectivity index (χ2v) is 7.83. The first kappa shape index (κ1) is 17.3. The number of aromatic nitrogens is 3. The third-order valence-corrected chi connectivity index (χ3v) is 5.73. The molecule has 0 saturated carbocycles. The van der Waals surface area contributed by atoms with Crippen molar-refractivity contribution in [3.05, 3.63) is 54.0 Å². The van der Waals surface area contributed by atoms with E-state index in [-0.39, 0.29) is 0 Å². The molecular weight excluding hydrogens is 322 g/mol. The summed E-state index contributed by atoms with van der Waals surface area (Å²) in [6.45, 7) is 3.24. The van der Waals surface area contributed by atoms with Gasteiger partial charge in [0.25, 0.3) is 0 Å². The minimum atomic E-state index is 0.459. The number of likely N-dealkylation sites (tertiary alicyclic amines) is 1. The molecule has 3 heterocycles. The number of aromatic amines is 1. The smallest absolute Gasteiger partial charge is 0.0537 e. The zero-order valence-electron chi connectivity index (χ0n) is 16.0. The van der Waals surface area contributed by atoms with Crippen LogP contribution in [0, 0.1) is 5.92 Å². The molecule has 5 heteroatoms. The van der Waals surface area contributed by atoms with Crippen molar-refractivity contribution in [3.8, 4) is 0 Å². The fourth-order valence-electron chi connectivity index (χ4n) is 4.61. The van der Waals surface area contributed by atoms with Gasteiger partial charge in [0.05, 0.1) is 6.20 Å². The van der Waals surface area contributed by atoms with Gasteiger partial charge in [-0.1, -0.05) is 18.2 Å². The number of aryl methyl sites for hydroxylation is 1. The van der Waals surface area contributed by atoms with Crippen molar-refractivity contribution in [2.75, 3.05) is 27.2 Å². The van der Waals surface area contributed by atoms with Crippen molar-refractivity contribution in [1.29, 1.82) is 0 Å². The summed E-state index contributed by atoms with van der Waals surface area (Å²) in [5.74, 6) is 0.630. The molecule has 3 aromatic rings. The summed E-state index contributed by atoms with van der Waals surface area (Å²) in [7, 11) is 6.50. The molecule has 1 aliphatic rings. The van der Waals surface area contributed by atoms with Crippen LogP contribution in [0.2, 0.25) is 0 Å². The average Bonchev–Trinajstić information content (AvgIpc) is 3.24. The maximum Gasteiger partial charge on any atom is 0.0537 e. The molecule has 0 spiro atoms. The minimum Gasteiger partial charge on any atom is -0.361 e. The van der Waals surface area contributed by atoms with Gasteiger partial charge in [0.1, 0.15) is 0 Å². The normalized spacial score (nSPS) is 21.7. The van der Waals surface area contributed by atoms with Crippen molar-refractivity contribution >= 4 is 10.9 Å². The summed E-state index contributed by atoms with van der Waals surface area (Å²) < 4.78 is 1.92. The minimum absolute atomic E-state index is 0.459. The molecule has 26 heavy (non-hydrogen) atoms. The number of nitrogens with zero attached hydrogens (tertiary/aromatic N) is 4. The fraction of sp³-hybridized carbons (Fsp3) is 0.476. The number of para-hydroxylation sites is 1. The van der Waals surface area contributed by atoms with Crippen LogP contribution < -0.4 is 0 Å². The van der Waals surface area contributed by atoms with E-state index in [9.17, 15) is 0 Å². The average molecular weight is 351 g/mol. The van der Waals surface area contributed by atoms with Gasteiger partial charge in [-0.15, -0.1) is 0 Å². The molecule has 0 unspecified atom stereocenters. The van der Waals surface area contributed by atoms with Gasteiger partial charge in [-0.05, 0) is 56.4 Å². The highest BCUT2D eigenvalue weighted by atomic mass is 15.3. The van der Waals surface area contributed by atoms with E-state index in [4.69, 9.17) is 0 Å². The lowest BCUT2D eigenvalue weighted by atomic mass is 9.85. The molecule has 0 amide bonds. The molecule has 0 bridgehead atoms. The Kier molecular flexibility index (Phi) is 4.83. The maximum atomic E-state index is 4.41. The molecule has 0 aliphatic carbocycles. The van der Waals surface area contributed by atoms with Gasteiger partial charge in [0.2, 0.25) is 0 Å². The molecule has 2 aromatic heterocycles. The number of rotatable bonds is 5. The molecule has 5 nitrogen and oxygen atoms in total. The van der Waals surface area contributed by atoms with Crippen LogP contribution in [0.4, 0.5) is 0 Å². The van der Waals surface area contributed by atoms with E-state index in [1.807, 2.05) is 24.1 Å². The van der Waals surface area contributed by atoms with Crippen LogP contribution in [0.15, 0.2) is 42.9 Å². The second kappa shape index (κ2) is 7.25. The van der Waals surface area contributed by atoms with Crippen LogP contribution in [-0.4, -0.2) is 51.7 Å². The number of hydrogen-bond donors (Lipinski definition) is 1. The molecule has 138 valence electrons. The van der Waals surface area contributed by atoms with Gasteiger partial charge in [-0.3, -0.25) is 9.58 Å². The van der Waals surface area contributed by atoms with E-state index in [1.54, 1.807) is 0 Å². The summed E-state index contributed by atoms with van der Waals surface area (Å²) in [6.07, 6.45) is 8.81. The molecule has 1 fully saturated rings. The van der Waals surface area contributed by atoms with Crippen molar-refractivity contribution in [3.63, 3.8) is 0 Å². The van der Waals surface area contributed by atoms with E-state index in [2.05, 4.69) is 64.4 Å². The van der Waals surface area contributed by atoms with Crippen LogP contribution in [0.5, 0.6) is 0 Å². The first-order chi connectivity index (χ1) is 12.6. The first-order valence-electron chi connectivity index (χ1n) is 9.54. The molecule has 1 saturated heterocycles. The number of nitrogens with one attached hydrogen (secondary N) is 1. The van der Waals surface area contributed by atoms with Crippen molar-refractivity contribution < 1.29 is 0 Å². The third kappa shape index (κ3) is 3.41. The molecule has 1 N–H and O–H groups in total. The SMILES string of the molecule is CN(Cc1cccc2cc[nH]c12)C[C@@H]1CCCN(C)[C@H]1c1cnn(C)c1. The van der Waals surface area contributed by atoms with Crippen LogP contribution in [-0.2, 0) is 13.6 Å². The molecule has 0 radical (unpaired) electrons. The molecule has 2 atom stereocenters. The Bertz CT molecular complexity index is 864. The van der Waals surface area contributed by atoms with Crippen molar-refractivity contribution in [2.24, 2.45) is 13.0 Å². The van der Waals surface area contributed by atoms with Gasteiger partial charge < -0.3 is 9.88 Å². The Hall–Kier alpha value is -2.11. The largest absolute Gasteiger partial charge is 0.361 e. The molecular formula is C21H29N5. The van der Waals surface area contributed by atoms with Crippen LogP contribution in [0.1, 0.15) is 30.0 Å². The quantitative estimate of drug-likeness (QED) is 0.766. The van der Waals surface area contributed by atoms with Crippen LogP contribution >= 0.6 is 0 Å². The Balaban J connectivity index is 1.50. The van der Waals surface area contributed by atoms with Gasteiger partial charge in [-0.25, -0.2) is 0 Å². The highest BCUT2D eigenvalue weighted by Gasteiger charge is 2.32. The van der Waals surface area contributed by atoms with Crippen LogP contribution in [0.25, 0.3) is 10.9 Å². The topological polar surface area (TPSA) is 40.1 Å². The van der Waals surface area contributed by atoms with E-state index in [0.29, 0.717) is 12.0 Å². The molecule has 1 aliphatic heterocycles. The van der Waals surface area contributed by atoms with E-state index in [0.717, 1.165) is 13.1 Å². The number of fused-ring (bicyclic) bond motifs is 1. The monoisotopic (exact) mass is 351 g/mol. The Morgan fingerprint density at radius 2 is 2.15 bits per heavy atom. The van der Waals surface area contributed by atoms with Gasteiger partial charge >= 0.3 is 0 Å². The lowest BCUT2D eigenvalue weighted by Crippen LogP contribution is -2.40. The standard InChI is InChI=1S/C21H29N5/c1-24(13-17-7-4-6-16-9-10-22-20(16)17)14-18-8-5-11-25(2)21(18)19-12-23-26(3)15-19/h4,6-7,9-10,12,15,18,21-22H,5,8,11,13-14H2,1-3H3/t18-,21+/m0/s1. The van der Waals surface area contributed by atoms with E-state index in [1.165, 1.54) is 41.4 Å². The Morgan fingerprint density at radius 3 is 2.96 bits per heavy atom. The Morgan fingerprint density at radius 1 is 1.27 bits per heavy atom. The van der Waals surface area contributed by atoms with Crippen LogP contribution in [0.3, 0.4) is 0 Å². The summed E-state index contributed by atoms with van der Waals surface area (Å²) in [5, 5.41) is 5.70. The predicted molar refractivity (Wildman–Crippen MR) is 106 cm³/mol. The number of hydrogen-bond acceptors (Lipinski definition) is 3. The zero-order chi connectivity index (χ0) is 18.1. The zero-order valence-corrected chi connectivity index (χ0v) is 16.0. The van der Waals surface area contributed by atoms with Crippen molar-refractivity contribution in [2.45, 2.75) is 25.4 Å². The second-order valence-electron chi connectivity index (χ2n) is 7.83.